The highest BCUT2D eigenvalue weighted by Crippen LogP contribution is 2.27. The molecule has 1 saturated heterocycles. The van der Waals surface area contributed by atoms with Crippen molar-refractivity contribution in [2.45, 2.75) is 20.3 Å². The lowest BCUT2D eigenvalue weighted by atomic mass is 9.95. The zero-order chi connectivity index (χ0) is 12.6. The predicted molar refractivity (Wildman–Crippen MR) is 63.9 cm³/mol. The average molecular weight is 274 g/mol. The fourth-order valence-corrected chi connectivity index (χ4v) is 2.56. The summed E-state index contributed by atoms with van der Waals surface area (Å²) in [5.74, 6) is 0.0900. The van der Waals surface area contributed by atoms with Crippen LogP contribution in [-0.4, -0.2) is 33.5 Å². The number of hydrogen-bond donors (Lipinski definition) is 0. The van der Waals surface area contributed by atoms with E-state index in [4.69, 9.17) is 11.6 Å². The third kappa shape index (κ3) is 2.47. The summed E-state index contributed by atoms with van der Waals surface area (Å²) < 4.78 is 0.209. The van der Waals surface area contributed by atoms with E-state index in [9.17, 15) is 9.59 Å². The monoisotopic (exact) mass is 273 g/mol. The number of carbonyl (C=O) groups excluding carboxylic acids is 2. The molecule has 0 bridgehead atoms. The molecule has 1 atom stereocenters. The van der Waals surface area contributed by atoms with E-state index in [-0.39, 0.29) is 27.2 Å². The minimum absolute atomic E-state index is 0.139. The molecule has 5 nitrogen and oxygen atoms in total. The van der Waals surface area contributed by atoms with Gasteiger partial charge >= 0.3 is 0 Å². The Kier molecular flexibility index (Phi) is 3.44. The Labute approximate surface area is 108 Å². The van der Waals surface area contributed by atoms with Crippen molar-refractivity contribution in [3.8, 4) is 0 Å². The van der Waals surface area contributed by atoms with Crippen LogP contribution in [0.4, 0.5) is 0 Å². The van der Waals surface area contributed by atoms with Crippen molar-refractivity contribution in [1.82, 2.24) is 15.1 Å². The van der Waals surface area contributed by atoms with Gasteiger partial charge in [-0.1, -0.05) is 25.2 Å². The smallest absolute Gasteiger partial charge is 0.276 e. The number of aromatic nitrogens is 2. The molecule has 0 aliphatic carbocycles. The molecule has 0 N–H and O–H groups in total. The number of imide groups is 1. The number of halogens is 1. The Bertz CT molecular complexity index is 460. The van der Waals surface area contributed by atoms with Crippen molar-refractivity contribution in [3.05, 3.63) is 9.47 Å². The van der Waals surface area contributed by atoms with E-state index in [1.807, 2.05) is 13.8 Å². The maximum Gasteiger partial charge on any atom is 0.291 e. The van der Waals surface area contributed by atoms with Gasteiger partial charge in [-0.05, 0) is 23.4 Å². The number of likely N-dealkylation sites (tertiary alicyclic amines) is 1. The number of amides is 2. The van der Waals surface area contributed by atoms with Gasteiger partial charge in [-0.2, -0.15) is 0 Å². The Morgan fingerprint density at radius 3 is 2.71 bits per heavy atom. The molecule has 92 valence electrons. The molecular formula is C10H12ClN3O2S. The lowest BCUT2D eigenvalue weighted by Gasteiger charge is -2.14. The first-order chi connectivity index (χ1) is 7.99. The quantitative estimate of drug-likeness (QED) is 0.772. The molecule has 1 unspecified atom stereocenters. The summed E-state index contributed by atoms with van der Waals surface area (Å²) in [5.41, 5.74) is 0. The molecule has 1 aromatic rings. The Balaban J connectivity index is 2.13. The molecule has 0 spiro atoms. The van der Waals surface area contributed by atoms with Crippen molar-refractivity contribution < 1.29 is 9.59 Å². The summed E-state index contributed by atoms with van der Waals surface area (Å²) in [4.78, 5) is 25.0. The first-order valence-corrected chi connectivity index (χ1v) is 6.52. The second-order valence-electron chi connectivity index (χ2n) is 4.38. The second kappa shape index (κ2) is 4.70. The van der Waals surface area contributed by atoms with Gasteiger partial charge in [0.05, 0.1) is 0 Å². The first-order valence-electron chi connectivity index (χ1n) is 5.32. The van der Waals surface area contributed by atoms with Crippen LogP contribution >= 0.6 is 22.9 Å². The largest absolute Gasteiger partial charge is 0.291 e. The van der Waals surface area contributed by atoms with E-state index in [2.05, 4.69) is 10.2 Å². The van der Waals surface area contributed by atoms with Crippen LogP contribution in [0.3, 0.4) is 0 Å². The molecular weight excluding hydrogens is 262 g/mol. The molecule has 2 heterocycles. The van der Waals surface area contributed by atoms with Crippen molar-refractivity contribution in [3.63, 3.8) is 0 Å². The van der Waals surface area contributed by atoms with Crippen LogP contribution in [0.5, 0.6) is 0 Å². The zero-order valence-corrected chi connectivity index (χ0v) is 11.1. The SMILES string of the molecule is CC(C)C1CC(=O)N(C(=O)c2nnc(Cl)s2)C1. The number of nitrogens with zero attached hydrogens (tertiary/aromatic N) is 3. The third-order valence-corrected chi connectivity index (χ3v) is 3.93. The van der Waals surface area contributed by atoms with Gasteiger partial charge in [-0.25, -0.2) is 0 Å². The van der Waals surface area contributed by atoms with Crippen molar-refractivity contribution in [1.29, 1.82) is 0 Å². The fraction of sp³-hybridized carbons (Fsp3) is 0.600. The van der Waals surface area contributed by atoms with E-state index in [0.29, 0.717) is 18.9 Å². The summed E-state index contributed by atoms with van der Waals surface area (Å²) in [6, 6.07) is 0. The average Bonchev–Trinajstić information content (AvgIpc) is 2.84. The molecule has 0 radical (unpaired) electrons. The number of carbonyl (C=O) groups is 2. The van der Waals surface area contributed by atoms with Gasteiger partial charge in [0, 0.05) is 13.0 Å². The van der Waals surface area contributed by atoms with E-state index in [1.165, 1.54) is 4.90 Å². The van der Waals surface area contributed by atoms with Gasteiger partial charge in [0.15, 0.2) is 0 Å². The van der Waals surface area contributed by atoms with Crippen LogP contribution in [0.1, 0.15) is 30.1 Å². The Hall–Kier alpha value is -1.01. The van der Waals surface area contributed by atoms with Gasteiger partial charge in [0.25, 0.3) is 5.91 Å². The van der Waals surface area contributed by atoms with E-state index < -0.39 is 0 Å². The molecule has 1 aromatic heterocycles. The van der Waals surface area contributed by atoms with Crippen LogP contribution in [0.2, 0.25) is 4.47 Å². The van der Waals surface area contributed by atoms with Gasteiger partial charge < -0.3 is 0 Å². The van der Waals surface area contributed by atoms with Crippen molar-refractivity contribution >= 4 is 34.8 Å². The summed E-state index contributed by atoms with van der Waals surface area (Å²) in [6.07, 6.45) is 0.427. The second-order valence-corrected chi connectivity index (χ2v) is 5.94. The molecule has 1 fully saturated rings. The van der Waals surface area contributed by atoms with E-state index in [1.54, 1.807) is 0 Å². The highest BCUT2D eigenvalue weighted by atomic mass is 35.5. The maximum absolute atomic E-state index is 12.0. The summed E-state index contributed by atoms with van der Waals surface area (Å²) in [7, 11) is 0. The van der Waals surface area contributed by atoms with Gasteiger partial charge in [-0.15, -0.1) is 10.2 Å². The minimum Gasteiger partial charge on any atom is -0.276 e. The molecule has 1 aliphatic heterocycles. The molecule has 0 saturated carbocycles. The maximum atomic E-state index is 12.0. The standard InChI is InChI=1S/C10H12ClN3O2S/c1-5(2)6-3-7(15)14(4-6)9(16)8-12-13-10(11)17-8/h5-6H,3-4H2,1-2H3. The lowest BCUT2D eigenvalue weighted by molar-refractivity contribution is -0.125. The highest BCUT2D eigenvalue weighted by Gasteiger charge is 2.36. The van der Waals surface area contributed by atoms with E-state index in [0.717, 1.165) is 11.3 Å². The van der Waals surface area contributed by atoms with Crippen molar-refractivity contribution in [2.24, 2.45) is 11.8 Å². The van der Waals surface area contributed by atoms with Crippen LogP contribution in [-0.2, 0) is 4.79 Å². The molecule has 17 heavy (non-hydrogen) atoms. The number of rotatable bonds is 2. The van der Waals surface area contributed by atoms with Crippen LogP contribution in [0, 0.1) is 11.8 Å². The normalized spacial score (nSPS) is 20.4. The Morgan fingerprint density at radius 1 is 1.53 bits per heavy atom. The summed E-state index contributed by atoms with van der Waals surface area (Å²) in [6.45, 7) is 4.56. The Morgan fingerprint density at radius 2 is 2.24 bits per heavy atom. The van der Waals surface area contributed by atoms with Crippen LogP contribution in [0.25, 0.3) is 0 Å². The molecule has 1 aliphatic rings. The summed E-state index contributed by atoms with van der Waals surface area (Å²) in [5, 5.41) is 7.40. The van der Waals surface area contributed by atoms with Gasteiger partial charge in [0.1, 0.15) is 0 Å². The van der Waals surface area contributed by atoms with Gasteiger partial charge in [-0.3, -0.25) is 14.5 Å². The number of hydrogen-bond acceptors (Lipinski definition) is 5. The molecule has 2 rings (SSSR count). The molecule has 7 heteroatoms. The third-order valence-electron chi connectivity index (χ3n) is 2.93. The molecule has 0 aromatic carbocycles. The van der Waals surface area contributed by atoms with Gasteiger partial charge in [0.2, 0.25) is 15.4 Å². The minimum atomic E-state index is -0.387. The predicted octanol–water partition coefficient (Wildman–Crippen LogP) is 1.84. The van der Waals surface area contributed by atoms with E-state index >= 15 is 0 Å². The first kappa shape index (κ1) is 12.4. The molecule has 2 amide bonds. The van der Waals surface area contributed by atoms with Crippen LogP contribution in [0.15, 0.2) is 0 Å². The lowest BCUT2D eigenvalue weighted by Crippen LogP contribution is -2.32. The highest BCUT2D eigenvalue weighted by molar-refractivity contribution is 7.17. The fourth-order valence-electron chi connectivity index (χ4n) is 1.79. The van der Waals surface area contributed by atoms with Crippen molar-refractivity contribution in [2.75, 3.05) is 6.54 Å². The topological polar surface area (TPSA) is 63.2 Å². The summed E-state index contributed by atoms with van der Waals surface area (Å²) >= 11 is 6.61. The zero-order valence-electron chi connectivity index (χ0n) is 9.51. The van der Waals surface area contributed by atoms with Crippen LogP contribution < -0.4 is 0 Å².